The van der Waals surface area contributed by atoms with E-state index in [0.717, 1.165) is 17.9 Å². The maximum absolute atomic E-state index is 6.24. The molecule has 0 radical (unpaired) electrons. The highest BCUT2D eigenvalue weighted by atomic mass is 32.2. The molecule has 2 aromatic carbocycles. The second-order valence-electron chi connectivity index (χ2n) is 4.90. The summed E-state index contributed by atoms with van der Waals surface area (Å²) in [6, 6.07) is 16.7. The van der Waals surface area contributed by atoms with E-state index in [-0.39, 0.29) is 6.04 Å². The highest BCUT2D eigenvalue weighted by molar-refractivity contribution is 7.99. The summed E-state index contributed by atoms with van der Waals surface area (Å²) in [4.78, 5) is 1.28. The summed E-state index contributed by atoms with van der Waals surface area (Å²) < 4.78 is 5.36. The zero-order valence-corrected chi connectivity index (χ0v) is 12.8. The highest BCUT2D eigenvalue weighted by Crippen LogP contribution is 2.22. The van der Waals surface area contributed by atoms with Crippen LogP contribution in [-0.4, -0.2) is 18.9 Å². The van der Waals surface area contributed by atoms with Crippen LogP contribution in [0.1, 0.15) is 11.1 Å². The number of rotatable bonds is 6. The minimum absolute atomic E-state index is 0.122. The molecule has 0 aromatic heterocycles. The Kier molecular flexibility index (Phi) is 5.50. The second-order valence-corrected chi connectivity index (χ2v) is 6.00. The summed E-state index contributed by atoms with van der Waals surface area (Å²) in [7, 11) is 1.70. The Hall–Kier alpha value is -1.45. The van der Waals surface area contributed by atoms with E-state index in [0.29, 0.717) is 0 Å². The summed E-state index contributed by atoms with van der Waals surface area (Å²) in [6.45, 7) is 2.11. The van der Waals surface area contributed by atoms with E-state index in [1.807, 2.05) is 30.0 Å². The van der Waals surface area contributed by atoms with Gasteiger partial charge in [0.2, 0.25) is 0 Å². The molecular formula is C17H21NOS. The fourth-order valence-corrected chi connectivity index (χ4v) is 3.09. The molecule has 2 nitrogen and oxygen atoms in total. The second kappa shape index (κ2) is 7.36. The Morgan fingerprint density at radius 3 is 2.70 bits per heavy atom. The number of thioether (sulfide) groups is 1. The molecule has 0 amide bonds. The summed E-state index contributed by atoms with van der Waals surface area (Å²) in [6.07, 6.45) is 0.836. The lowest BCUT2D eigenvalue weighted by Crippen LogP contribution is -2.25. The molecule has 3 heteroatoms. The Bertz CT molecular complexity index is 556. The summed E-state index contributed by atoms with van der Waals surface area (Å²) in [5.41, 5.74) is 8.70. The SMILES string of the molecule is COc1ccccc1CC(N)CSc1cccc(C)c1. The first-order valence-electron chi connectivity index (χ1n) is 6.76. The number of para-hydroxylation sites is 1. The van der Waals surface area contributed by atoms with Gasteiger partial charge in [0.05, 0.1) is 7.11 Å². The molecule has 20 heavy (non-hydrogen) atoms. The van der Waals surface area contributed by atoms with Crippen molar-refractivity contribution in [2.24, 2.45) is 5.73 Å². The number of methoxy groups -OCH3 is 1. The van der Waals surface area contributed by atoms with Gasteiger partial charge in [0.15, 0.2) is 0 Å². The third-order valence-corrected chi connectivity index (χ3v) is 4.31. The van der Waals surface area contributed by atoms with Crippen LogP contribution in [0, 0.1) is 6.92 Å². The molecule has 0 aliphatic rings. The minimum Gasteiger partial charge on any atom is -0.496 e. The van der Waals surface area contributed by atoms with Crippen molar-refractivity contribution in [2.45, 2.75) is 24.3 Å². The van der Waals surface area contributed by atoms with Crippen LogP contribution in [0.2, 0.25) is 0 Å². The molecule has 1 atom stereocenters. The van der Waals surface area contributed by atoms with E-state index in [1.165, 1.54) is 16.0 Å². The van der Waals surface area contributed by atoms with E-state index in [4.69, 9.17) is 10.5 Å². The van der Waals surface area contributed by atoms with Crippen molar-refractivity contribution in [1.82, 2.24) is 0 Å². The molecule has 0 bridgehead atoms. The first kappa shape index (κ1) is 14.9. The average molecular weight is 287 g/mol. The van der Waals surface area contributed by atoms with Gasteiger partial charge in [-0.05, 0) is 37.1 Å². The Balaban J connectivity index is 1.91. The van der Waals surface area contributed by atoms with Crippen LogP contribution in [-0.2, 0) is 6.42 Å². The smallest absolute Gasteiger partial charge is 0.122 e. The van der Waals surface area contributed by atoms with Crippen molar-refractivity contribution in [3.63, 3.8) is 0 Å². The molecule has 0 saturated heterocycles. The first-order valence-corrected chi connectivity index (χ1v) is 7.74. The van der Waals surface area contributed by atoms with Crippen molar-refractivity contribution < 1.29 is 4.74 Å². The minimum atomic E-state index is 0.122. The normalized spacial score (nSPS) is 12.2. The predicted molar refractivity (Wildman–Crippen MR) is 86.6 cm³/mol. The topological polar surface area (TPSA) is 35.2 Å². The lowest BCUT2D eigenvalue weighted by atomic mass is 10.1. The van der Waals surface area contributed by atoms with E-state index in [9.17, 15) is 0 Å². The maximum atomic E-state index is 6.24. The van der Waals surface area contributed by atoms with Gasteiger partial charge in [-0.15, -0.1) is 11.8 Å². The quantitative estimate of drug-likeness (QED) is 0.823. The average Bonchev–Trinajstić information content (AvgIpc) is 2.46. The van der Waals surface area contributed by atoms with E-state index in [1.54, 1.807) is 7.11 Å². The molecular weight excluding hydrogens is 266 g/mol. The molecule has 0 heterocycles. The van der Waals surface area contributed by atoms with Gasteiger partial charge in [0.1, 0.15) is 5.75 Å². The molecule has 0 fully saturated rings. The molecule has 0 aliphatic heterocycles. The van der Waals surface area contributed by atoms with Gasteiger partial charge in [-0.1, -0.05) is 35.9 Å². The fraction of sp³-hybridized carbons (Fsp3) is 0.294. The van der Waals surface area contributed by atoms with Crippen LogP contribution in [0.5, 0.6) is 5.75 Å². The molecule has 106 valence electrons. The standard InChI is InChI=1S/C17H21NOS/c1-13-6-5-8-16(10-13)20-12-15(18)11-14-7-3-4-9-17(14)19-2/h3-10,15H,11-12,18H2,1-2H3. The van der Waals surface area contributed by atoms with E-state index < -0.39 is 0 Å². The van der Waals surface area contributed by atoms with Crippen molar-refractivity contribution in [2.75, 3.05) is 12.9 Å². The number of nitrogens with two attached hydrogens (primary N) is 1. The molecule has 1 unspecified atom stereocenters. The predicted octanol–water partition coefficient (Wildman–Crippen LogP) is 3.67. The highest BCUT2D eigenvalue weighted by Gasteiger charge is 2.09. The summed E-state index contributed by atoms with van der Waals surface area (Å²) in [5.74, 6) is 1.82. The van der Waals surface area contributed by atoms with Crippen molar-refractivity contribution in [1.29, 1.82) is 0 Å². The van der Waals surface area contributed by atoms with Crippen LogP contribution in [0.25, 0.3) is 0 Å². The van der Waals surface area contributed by atoms with Crippen LogP contribution in [0.4, 0.5) is 0 Å². The molecule has 2 N–H and O–H groups in total. The number of ether oxygens (including phenoxy) is 1. The Labute approximate surface area is 125 Å². The molecule has 0 aliphatic carbocycles. The maximum Gasteiger partial charge on any atom is 0.122 e. The van der Waals surface area contributed by atoms with Crippen molar-refractivity contribution in [3.05, 3.63) is 59.7 Å². The van der Waals surface area contributed by atoms with Gasteiger partial charge < -0.3 is 10.5 Å². The molecule has 0 spiro atoms. The molecule has 2 aromatic rings. The zero-order valence-electron chi connectivity index (χ0n) is 12.0. The zero-order chi connectivity index (χ0) is 14.4. The van der Waals surface area contributed by atoms with Crippen LogP contribution < -0.4 is 10.5 Å². The third kappa shape index (κ3) is 4.29. The van der Waals surface area contributed by atoms with Crippen LogP contribution in [0.3, 0.4) is 0 Å². The van der Waals surface area contributed by atoms with Crippen molar-refractivity contribution >= 4 is 11.8 Å². The number of aryl methyl sites for hydroxylation is 1. The lowest BCUT2D eigenvalue weighted by Gasteiger charge is -2.14. The van der Waals surface area contributed by atoms with Gasteiger partial charge in [-0.25, -0.2) is 0 Å². The Morgan fingerprint density at radius 2 is 1.95 bits per heavy atom. The number of benzene rings is 2. The number of hydrogen-bond acceptors (Lipinski definition) is 3. The van der Waals surface area contributed by atoms with Gasteiger partial charge in [0, 0.05) is 16.7 Å². The van der Waals surface area contributed by atoms with Crippen LogP contribution >= 0.6 is 11.8 Å². The largest absolute Gasteiger partial charge is 0.496 e. The van der Waals surface area contributed by atoms with Gasteiger partial charge >= 0.3 is 0 Å². The van der Waals surface area contributed by atoms with Gasteiger partial charge in [0.25, 0.3) is 0 Å². The lowest BCUT2D eigenvalue weighted by molar-refractivity contribution is 0.408. The Morgan fingerprint density at radius 1 is 1.15 bits per heavy atom. The first-order chi connectivity index (χ1) is 9.69. The fourth-order valence-electron chi connectivity index (χ4n) is 2.12. The van der Waals surface area contributed by atoms with Crippen LogP contribution in [0.15, 0.2) is 53.4 Å². The van der Waals surface area contributed by atoms with E-state index >= 15 is 0 Å². The summed E-state index contributed by atoms with van der Waals surface area (Å²) >= 11 is 1.81. The van der Waals surface area contributed by atoms with Crippen molar-refractivity contribution in [3.8, 4) is 5.75 Å². The van der Waals surface area contributed by atoms with Gasteiger partial charge in [-0.2, -0.15) is 0 Å². The van der Waals surface area contributed by atoms with Gasteiger partial charge in [-0.3, -0.25) is 0 Å². The molecule has 0 saturated carbocycles. The monoisotopic (exact) mass is 287 g/mol. The molecule has 2 rings (SSSR count). The van der Waals surface area contributed by atoms with E-state index in [2.05, 4.69) is 37.3 Å². The summed E-state index contributed by atoms with van der Waals surface area (Å²) in [5, 5.41) is 0. The third-order valence-electron chi connectivity index (χ3n) is 3.13. The number of hydrogen-bond donors (Lipinski definition) is 1.